The number of nitrogens with one attached hydrogen (secondary N) is 1. The molecule has 0 saturated carbocycles. The van der Waals surface area contributed by atoms with Crippen LogP contribution < -0.4 is 5.32 Å². The summed E-state index contributed by atoms with van der Waals surface area (Å²) in [4.78, 5) is 13.2. The Hall–Kier alpha value is -1.75. The zero-order valence-corrected chi connectivity index (χ0v) is 10.8. The molecule has 2 rings (SSSR count). The predicted molar refractivity (Wildman–Crippen MR) is 70.8 cm³/mol. The molecular weight excluding hydrogens is 270 g/mol. The average Bonchev–Trinajstić information content (AvgIpc) is 3.00. The molecule has 0 aliphatic carbocycles. The Bertz CT molecular complexity index is 581. The fourth-order valence-electron chi connectivity index (χ4n) is 1.12. The third-order valence-corrected chi connectivity index (χ3v) is 3.46. The summed E-state index contributed by atoms with van der Waals surface area (Å²) in [5.74, 6) is 5.47. The highest BCUT2D eigenvalue weighted by Crippen LogP contribution is 2.18. The number of aromatic nitrogens is 2. The van der Waals surface area contributed by atoms with Crippen LogP contribution in [0.1, 0.15) is 21.0 Å². The van der Waals surface area contributed by atoms with Crippen LogP contribution in [0.4, 0.5) is 5.13 Å². The molecule has 0 fully saturated rings. The van der Waals surface area contributed by atoms with E-state index in [0.29, 0.717) is 16.4 Å². The van der Waals surface area contributed by atoms with Crippen LogP contribution in [0, 0.1) is 11.8 Å². The van der Waals surface area contributed by atoms with Gasteiger partial charge in [-0.3, -0.25) is 10.1 Å². The highest BCUT2D eigenvalue weighted by atomic mass is 32.1. The van der Waals surface area contributed by atoms with Gasteiger partial charge in [0.05, 0.1) is 16.4 Å². The smallest absolute Gasteiger partial charge is 0.267 e. The largest absolute Gasteiger partial charge is 0.395 e. The topological polar surface area (TPSA) is 75.1 Å². The molecule has 0 spiro atoms. The van der Waals surface area contributed by atoms with E-state index in [1.165, 1.54) is 22.7 Å². The number of aliphatic hydroxyl groups excluding tert-OH is 1. The number of carbonyl (C=O) groups is 1. The maximum atomic E-state index is 11.8. The molecule has 7 heteroatoms. The molecule has 5 nitrogen and oxygen atoms in total. The summed E-state index contributed by atoms with van der Waals surface area (Å²) in [6.45, 7) is 0.0444. The Balaban J connectivity index is 2.02. The van der Waals surface area contributed by atoms with Crippen molar-refractivity contribution < 1.29 is 9.90 Å². The number of aliphatic hydroxyl groups is 1. The molecule has 0 aromatic carbocycles. The van der Waals surface area contributed by atoms with Crippen LogP contribution in [0.25, 0.3) is 0 Å². The second kappa shape index (κ2) is 6.26. The van der Waals surface area contributed by atoms with Crippen LogP contribution in [0.5, 0.6) is 0 Å². The lowest BCUT2D eigenvalue weighted by Gasteiger charge is -1.95. The van der Waals surface area contributed by atoms with E-state index in [1.807, 2.05) is 0 Å². The third-order valence-electron chi connectivity index (χ3n) is 1.86. The molecule has 0 radical (unpaired) electrons. The summed E-state index contributed by atoms with van der Waals surface area (Å²) in [6, 6.07) is 3.49. The number of hydrogen-bond acceptors (Lipinski definition) is 6. The number of carbonyl (C=O) groups excluding carboxylic acids is 1. The lowest BCUT2D eigenvalue weighted by molar-refractivity contribution is 0.103. The Morgan fingerprint density at radius 1 is 1.50 bits per heavy atom. The quantitative estimate of drug-likeness (QED) is 0.837. The van der Waals surface area contributed by atoms with Crippen molar-refractivity contribution in [3.63, 3.8) is 0 Å². The first-order valence-electron chi connectivity index (χ1n) is 5.06. The van der Waals surface area contributed by atoms with E-state index >= 15 is 0 Å². The van der Waals surface area contributed by atoms with Gasteiger partial charge >= 0.3 is 0 Å². The predicted octanol–water partition coefficient (Wildman–Crippen LogP) is 1.59. The van der Waals surface area contributed by atoms with Crippen molar-refractivity contribution in [1.29, 1.82) is 0 Å². The molecule has 0 atom stereocenters. The Morgan fingerprint density at radius 3 is 3.11 bits per heavy atom. The Labute approximate surface area is 112 Å². The zero-order chi connectivity index (χ0) is 12.8. The summed E-state index contributed by atoms with van der Waals surface area (Å²) in [7, 11) is 0. The molecule has 18 heavy (non-hydrogen) atoms. The summed E-state index contributed by atoms with van der Waals surface area (Å²) in [5.41, 5.74) is 1.55. The van der Waals surface area contributed by atoms with Gasteiger partial charge in [-0.05, 0) is 12.1 Å². The zero-order valence-electron chi connectivity index (χ0n) is 9.21. The minimum Gasteiger partial charge on any atom is -0.395 e. The van der Waals surface area contributed by atoms with Gasteiger partial charge in [-0.25, -0.2) is 0 Å². The molecule has 0 aliphatic heterocycles. The lowest BCUT2D eigenvalue weighted by atomic mass is 10.4. The van der Waals surface area contributed by atoms with Gasteiger partial charge < -0.3 is 5.11 Å². The Morgan fingerprint density at radius 2 is 2.39 bits per heavy atom. The summed E-state index contributed by atoms with van der Waals surface area (Å²) in [5, 5.41) is 19.1. The van der Waals surface area contributed by atoms with Crippen molar-refractivity contribution >= 4 is 33.7 Å². The fraction of sp³-hybridized carbons (Fsp3) is 0.182. The maximum Gasteiger partial charge on any atom is 0.267 e. The van der Waals surface area contributed by atoms with E-state index in [0.717, 1.165) is 4.88 Å². The molecular formula is C11H9N3O2S2. The highest BCUT2D eigenvalue weighted by Gasteiger charge is 2.10. The monoisotopic (exact) mass is 279 g/mol. The van der Waals surface area contributed by atoms with Gasteiger partial charge in [-0.15, -0.1) is 21.5 Å². The molecule has 2 N–H and O–H groups in total. The van der Waals surface area contributed by atoms with Gasteiger partial charge in [0.2, 0.25) is 5.13 Å². The van der Waals surface area contributed by atoms with Crippen molar-refractivity contribution in [3.05, 3.63) is 27.4 Å². The van der Waals surface area contributed by atoms with Crippen molar-refractivity contribution in [2.24, 2.45) is 0 Å². The lowest BCUT2D eigenvalue weighted by Crippen LogP contribution is -2.09. The minimum absolute atomic E-state index is 0.0444. The van der Waals surface area contributed by atoms with E-state index in [1.54, 1.807) is 17.6 Å². The highest BCUT2D eigenvalue weighted by molar-refractivity contribution is 7.15. The van der Waals surface area contributed by atoms with Crippen molar-refractivity contribution in [3.8, 4) is 11.8 Å². The van der Waals surface area contributed by atoms with Crippen LogP contribution in [0.15, 0.2) is 17.6 Å². The molecule has 2 aromatic rings. The Kier molecular flexibility index (Phi) is 4.41. The van der Waals surface area contributed by atoms with E-state index in [4.69, 9.17) is 5.11 Å². The van der Waals surface area contributed by atoms with E-state index in [-0.39, 0.29) is 12.5 Å². The first-order chi connectivity index (χ1) is 8.79. The molecule has 92 valence electrons. The minimum atomic E-state index is -0.216. The van der Waals surface area contributed by atoms with E-state index < -0.39 is 0 Å². The second-order valence-electron chi connectivity index (χ2n) is 3.14. The summed E-state index contributed by atoms with van der Waals surface area (Å²) >= 11 is 2.57. The molecule has 0 unspecified atom stereocenters. The molecule has 0 bridgehead atoms. The third kappa shape index (κ3) is 3.37. The van der Waals surface area contributed by atoms with Crippen molar-refractivity contribution in [1.82, 2.24) is 10.2 Å². The number of anilines is 1. The number of nitrogens with zero attached hydrogens (tertiary/aromatic N) is 2. The molecule has 1 amide bonds. The van der Waals surface area contributed by atoms with Gasteiger partial charge in [0.25, 0.3) is 5.91 Å². The normalized spacial score (nSPS) is 9.61. The van der Waals surface area contributed by atoms with Gasteiger partial charge in [0.1, 0.15) is 5.51 Å². The first kappa shape index (κ1) is 12.7. The maximum absolute atomic E-state index is 11.8. The standard InChI is InChI=1S/C11H9N3O2S2/c15-6-2-1-3-8-4-5-9(18-8)10(16)13-11-14-12-7-17-11/h4-5,7,15H,2,6H2,(H,13,14,16). The van der Waals surface area contributed by atoms with Crippen LogP contribution in [0.2, 0.25) is 0 Å². The number of thiophene rings is 1. The first-order valence-corrected chi connectivity index (χ1v) is 6.76. The number of amides is 1. The second-order valence-corrected chi connectivity index (χ2v) is 5.05. The van der Waals surface area contributed by atoms with Crippen LogP contribution >= 0.6 is 22.7 Å². The van der Waals surface area contributed by atoms with Crippen LogP contribution in [0.3, 0.4) is 0 Å². The van der Waals surface area contributed by atoms with Crippen LogP contribution in [-0.2, 0) is 0 Å². The van der Waals surface area contributed by atoms with Gasteiger partial charge in [0.15, 0.2) is 0 Å². The summed E-state index contributed by atoms with van der Waals surface area (Å²) < 4.78 is 0. The fourth-order valence-corrected chi connectivity index (χ4v) is 2.33. The molecule has 2 heterocycles. The average molecular weight is 279 g/mol. The van der Waals surface area contributed by atoms with Crippen LogP contribution in [-0.4, -0.2) is 27.8 Å². The summed E-state index contributed by atoms with van der Waals surface area (Å²) in [6.07, 6.45) is 0.435. The van der Waals surface area contributed by atoms with Gasteiger partial charge in [-0.1, -0.05) is 23.2 Å². The van der Waals surface area contributed by atoms with E-state index in [9.17, 15) is 4.79 Å². The molecule has 0 saturated heterocycles. The van der Waals surface area contributed by atoms with Crippen molar-refractivity contribution in [2.75, 3.05) is 11.9 Å². The van der Waals surface area contributed by atoms with Crippen molar-refractivity contribution in [2.45, 2.75) is 6.42 Å². The van der Waals surface area contributed by atoms with Gasteiger partial charge in [-0.2, -0.15) is 0 Å². The number of rotatable bonds is 3. The van der Waals surface area contributed by atoms with Gasteiger partial charge in [0, 0.05) is 6.42 Å². The molecule has 2 aromatic heterocycles. The SMILES string of the molecule is O=C(Nc1nncs1)c1ccc(C#CCCO)s1. The van der Waals surface area contributed by atoms with E-state index in [2.05, 4.69) is 27.4 Å². The molecule has 0 aliphatic rings. The number of hydrogen-bond donors (Lipinski definition) is 2.